The molecule has 1 aromatic rings. The lowest BCUT2D eigenvalue weighted by molar-refractivity contribution is 0.0703. The number of carbonyl (C=O) groups is 1. The molecule has 1 fully saturated rings. The number of aromatic nitrogens is 1. The highest BCUT2D eigenvalue weighted by Crippen LogP contribution is 2.18. The largest absolute Gasteiger partial charge is 0.490 e. The first-order chi connectivity index (χ1) is 8.79. The molecule has 0 aliphatic carbocycles. The fourth-order valence-electron chi connectivity index (χ4n) is 1.98. The number of piperidine rings is 1. The van der Waals surface area contributed by atoms with Gasteiger partial charge in [-0.1, -0.05) is 0 Å². The van der Waals surface area contributed by atoms with Gasteiger partial charge in [-0.2, -0.15) is 0 Å². The summed E-state index contributed by atoms with van der Waals surface area (Å²) in [6.07, 6.45) is 5.03. The van der Waals surface area contributed by atoms with Crippen molar-refractivity contribution in [1.82, 2.24) is 9.88 Å². The molecular weight excluding hydrogens is 232 g/mol. The number of ether oxygens (including phenoxy) is 2. The minimum Gasteiger partial charge on any atom is -0.490 e. The van der Waals surface area contributed by atoms with Crippen LogP contribution in [-0.4, -0.2) is 41.8 Å². The lowest BCUT2D eigenvalue weighted by atomic mass is 10.1. The highest BCUT2D eigenvalue weighted by Gasteiger charge is 2.24. The summed E-state index contributed by atoms with van der Waals surface area (Å²) in [7, 11) is 0. The van der Waals surface area contributed by atoms with Crippen molar-refractivity contribution in [2.45, 2.75) is 25.9 Å². The maximum absolute atomic E-state index is 11.5. The highest BCUT2D eigenvalue weighted by molar-refractivity contribution is 5.67. The number of hydrogen-bond donors (Lipinski definition) is 0. The third kappa shape index (κ3) is 3.35. The lowest BCUT2D eigenvalue weighted by Gasteiger charge is -2.31. The van der Waals surface area contributed by atoms with Crippen LogP contribution in [0.2, 0.25) is 0 Å². The van der Waals surface area contributed by atoms with Gasteiger partial charge in [0.2, 0.25) is 0 Å². The Hall–Kier alpha value is -1.78. The third-order valence-corrected chi connectivity index (χ3v) is 2.92. The standard InChI is InChI=1S/C13H18N2O3/c1-2-17-13(16)15-9-5-12(6-10-15)18-11-3-7-14-8-4-11/h3-4,7-8,12H,2,5-6,9-10H2,1H3. The van der Waals surface area contributed by atoms with Crippen molar-refractivity contribution in [3.8, 4) is 5.75 Å². The number of nitrogens with zero attached hydrogens (tertiary/aromatic N) is 2. The predicted octanol–water partition coefficient (Wildman–Crippen LogP) is 2.08. The van der Waals surface area contributed by atoms with Crippen LogP contribution in [0.15, 0.2) is 24.5 Å². The summed E-state index contributed by atoms with van der Waals surface area (Å²) >= 11 is 0. The molecule has 1 aliphatic rings. The van der Waals surface area contributed by atoms with Crippen LogP contribution in [0, 0.1) is 0 Å². The first kappa shape index (κ1) is 12.7. The van der Waals surface area contributed by atoms with Gasteiger partial charge in [-0.05, 0) is 19.1 Å². The Bertz CT molecular complexity index is 375. The van der Waals surface area contributed by atoms with Crippen molar-refractivity contribution in [2.24, 2.45) is 0 Å². The molecule has 5 heteroatoms. The number of amides is 1. The summed E-state index contributed by atoms with van der Waals surface area (Å²) in [5.74, 6) is 0.833. The molecule has 0 aromatic carbocycles. The van der Waals surface area contributed by atoms with Crippen molar-refractivity contribution >= 4 is 6.09 Å². The number of rotatable bonds is 3. The van der Waals surface area contributed by atoms with E-state index in [9.17, 15) is 4.79 Å². The van der Waals surface area contributed by atoms with E-state index < -0.39 is 0 Å². The van der Waals surface area contributed by atoms with Gasteiger partial charge in [0.25, 0.3) is 0 Å². The van der Waals surface area contributed by atoms with E-state index >= 15 is 0 Å². The van der Waals surface area contributed by atoms with Gasteiger partial charge in [0.05, 0.1) is 6.61 Å². The third-order valence-electron chi connectivity index (χ3n) is 2.92. The monoisotopic (exact) mass is 250 g/mol. The summed E-state index contributed by atoms with van der Waals surface area (Å²) in [6, 6.07) is 3.69. The second-order valence-electron chi connectivity index (χ2n) is 4.19. The van der Waals surface area contributed by atoms with Crippen LogP contribution >= 0.6 is 0 Å². The van der Waals surface area contributed by atoms with Gasteiger partial charge in [0, 0.05) is 38.3 Å². The smallest absolute Gasteiger partial charge is 0.409 e. The lowest BCUT2D eigenvalue weighted by Crippen LogP contribution is -2.42. The summed E-state index contributed by atoms with van der Waals surface area (Å²) in [4.78, 5) is 17.2. The first-order valence-corrected chi connectivity index (χ1v) is 6.28. The zero-order valence-electron chi connectivity index (χ0n) is 10.5. The zero-order valence-corrected chi connectivity index (χ0v) is 10.5. The van der Waals surface area contributed by atoms with Gasteiger partial charge < -0.3 is 14.4 Å². The summed E-state index contributed by atoms with van der Waals surface area (Å²) in [5.41, 5.74) is 0. The van der Waals surface area contributed by atoms with E-state index in [1.165, 1.54) is 0 Å². The van der Waals surface area contributed by atoms with E-state index in [4.69, 9.17) is 9.47 Å². The Balaban J connectivity index is 1.78. The molecule has 0 bridgehead atoms. The average Bonchev–Trinajstić information content (AvgIpc) is 2.41. The average molecular weight is 250 g/mol. The molecule has 2 rings (SSSR count). The van der Waals surface area contributed by atoms with Crippen LogP contribution in [0.5, 0.6) is 5.75 Å². The van der Waals surface area contributed by atoms with Gasteiger partial charge >= 0.3 is 6.09 Å². The summed E-state index contributed by atoms with van der Waals surface area (Å²) in [5, 5.41) is 0. The first-order valence-electron chi connectivity index (χ1n) is 6.28. The van der Waals surface area contributed by atoms with Crippen molar-refractivity contribution in [3.63, 3.8) is 0 Å². The highest BCUT2D eigenvalue weighted by atomic mass is 16.6. The normalized spacial score (nSPS) is 16.4. The summed E-state index contributed by atoms with van der Waals surface area (Å²) in [6.45, 7) is 3.62. The Kier molecular flexibility index (Phi) is 4.39. The Morgan fingerprint density at radius 1 is 1.39 bits per heavy atom. The van der Waals surface area contributed by atoms with Crippen molar-refractivity contribution in [1.29, 1.82) is 0 Å². The van der Waals surface area contributed by atoms with Crippen molar-refractivity contribution in [3.05, 3.63) is 24.5 Å². The van der Waals surface area contributed by atoms with Crippen LogP contribution < -0.4 is 4.74 Å². The van der Waals surface area contributed by atoms with E-state index in [2.05, 4.69) is 4.98 Å². The molecule has 5 nitrogen and oxygen atoms in total. The molecule has 18 heavy (non-hydrogen) atoms. The van der Waals surface area contributed by atoms with E-state index in [0.29, 0.717) is 19.7 Å². The molecular formula is C13H18N2O3. The van der Waals surface area contributed by atoms with Gasteiger partial charge in [-0.3, -0.25) is 4.98 Å². The molecule has 0 N–H and O–H groups in total. The molecule has 1 amide bonds. The molecule has 1 aliphatic heterocycles. The van der Waals surface area contributed by atoms with Gasteiger partial charge in [-0.15, -0.1) is 0 Å². The second kappa shape index (κ2) is 6.23. The number of pyridine rings is 1. The maximum atomic E-state index is 11.5. The van der Waals surface area contributed by atoms with Crippen molar-refractivity contribution in [2.75, 3.05) is 19.7 Å². The molecule has 98 valence electrons. The van der Waals surface area contributed by atoms with Crippen molar-refractivity contribution < 1.29 is 14.3 Å². The molecule has 1 aromatic heterocycles. The van der Waals surface area contributed by atoms with Gasteiger partial charge in [-0.25, -0.2) is 4.79 Å². The van der Waals surface area contributed by atoms with Crippen LogP contribution in [0.3, 0.4) is 0 Å². The number of likely N-dealkylation sites (tertiary alicyclic amines) is 1. The molecule has 0 atom stereocenters. The molecule has 1 saturated heterocycles. The molecule has 0 unspecified atom stereocenters. The van der Waals surface area contributed by atoms with E-state index in [1.54, 1.807) is 17.3 Å². The predicted molar refractivity (Wildman–Crippen MR) is 66.5 cm³/mol. The minimum atomic E-state index is -0.222. The van der Waals surface area contributed by atoms with E-state index in [0.717, 1.165) is 18.6 Å². The maximum Gasteiger partial charge on any atom is 0.409 e. The van der Waals surface area contributed by atoms with Crippen LogP contribution in [0.1, 0.15) is 19.8 Å². The molecule has 0 spiro atoms. The van der Waals surface area contributed by atoms with Gasteiger partial charge in [0.15, 0.2) is 0 Å². The molecule has 0 saturated carbocycles. The van der Waals surface area contributed by atoms with Crippen LogP contribution in [0.4, 0.5) is 4.79 Å². The minimum absolute atomic E-state index is 0.165. The Morgan fingerprint density at radius 2 is 2.06 bits per heavy atom. The zero-order chi connectivity index (χ0) is 12.8. The van der Waals surface area contributed by atoms with Gasteiger partial charge in [0.1, 0.15) is 11.9 Å². The summed E-state index contributed by atoms with van der Waals surface area (Å²) < 4.78 is 10.8. The quantitative estimate of drug-likeness (QED) is 0.824. The molecule has 2 heterocycles. The Morgan fingerprint density at radius 3 is 2.67 bits per heavy atom. The van der Waals surface area contributed by atoms with Crippen LogP contribution in [0.25, 0.3) is 0 Å². The fraction of sp³-hybridized carbons (Fsp3) is 0.538. The van der Waals surface area contributed by atoms with E-state index in [1.807, 2.05) is 19.1 Å². The number of carbonyl (C=O) groups excluding carboxylic acids is 1. The SMILES string of the molecule is CCOC(=O)N1CCC(Oc2ccncc2)CC1. The Labute approximate surface area is 107 Å². The van der Waals surface area contributed by atoms with Crippen LogP contribution in [-0.2, 0) is 4.74 Å². The fourth-order valence-corrected chi connectivity index (χ4v) is 1.98. The topological polar surface area (TPSA) is 51.7 Å². The number of hydrogen-bond acceptors (Lipinski definition) is 4. The molecule has 0 radical (unpaired) electrons. The second-order valence-corrected chi connectivity index (χ2v) is 4.19. The van der Waals surface area contributed by atoms with E-state index in [-0.39, 0.29) is 12.2 Å².